The van der Waals surface area contributed by atoms with Gasteiger partial charge < -0.3 is 0 Å². The highest BCUT2D eigenvalue weighted by Gasteiger charge is 2.18. The Hall–Kier alpha value is -0.530. The van der Waals surface area contributed by atoms with Crippen LogP contribution in [0, 0.1) is 21.3 Å². The van der Waals surface area contributed by atoms with Gasteiger partial charge in [-0.2, -0.15) is 0 Å². The van der Waals surface area contributed by atoms with Gasteiger partial charge in [0.1, 0.15) is 0 Å². The normalized spacial score (nSPS) is 15.0. The maximum absolute atomic E-state index is 3.33. The van der Waals surface area contributed by atoms with Crippen LogP contribution in [0.15, 0.2) is 24.3 Å². The molecule has 1 heterocycles. The fraction of sp³-hybridized carbons (Fsp3) is 0.231. The average molecular weight is 324 g/mol. The topological polar surface area (TPSA) is 0 Å². The molecule has 0 saturated heterocycles. The summed E-state index contributed by atoms with van der Waals surface area (Å²) in [5, 5.41) is 1.35. The van der Waals surface area contributed by atoms with E-state index < -0.39 is 0 Å². The Morgan fingerprint density at radius 1 is 1.27 bits per heavy atom. The Bertz CT molecular complexity index is 567. The van der Waals surface area contributed by atoms with Crippen LogP contribution in [0.25, 0.3) is 10.1 Å². The van der Waals surface area contributed by atoms with Crippen LogP contribution in [-0.2, 0) is 0 Å². The predicted octanol–water partition coefficient (Wildman–Crippen LogP) is 4.27. The van der Waals surface area contributed by atoms with Gasteiger partial charge in [-0.25, -0.2) is 0 Å². The van der Waals surface area contributed by atoms with Crippen LogP contribution in [0.1, 0.15) is 17.7 Å². The van der Waals surface area contributed by atoms with Gasteiger partial charge in [-0.05, 0) is 41.5 Å². The van der Waals surface area contributed by atoms with Crippen LogP contribution >= 0.6 is 33.9 Å². The minimum atomic E-state index is 0.686. The number of fused-ring (bicyclic) bond motifs is 1. The van der Waals surface area contributed by atoms with E-state index in [0.717, 1.165) is 0 Å². The van der Waals surface area contributed by atoms with Gasteiger partial charge >= 0.3 is 0 Å². The Balaban J connectivity index is 2.11. The molecule has 0 atom stereocenters. The third-order valence-electron chi connectivity index (χ3n) is 2.50. The summed E-state index contributed by atoms with van der Waals surface area (Å²) in [5.74, 6) is 7.34. The highest BCUT2D eigenvalue weighted by Crippen LogP contribution is 2.32. The highest BCUT2D eigenvalue weighted by molar-refractivity contribution is 14.1. The van der Waals surface area contributed by atoms with Gasteiger partial charge in [-0.15, -0.1) is 11.3 Å². The summed E-state index contributed by atoms with van der Waals surface area (Å²) in [4.78, 5) is 1.24. The Morgan fingerprint density at radius 2 is 2.07 bits per heavy atom. The highest BCUT2D eigenvalue weighted by atomic mass is 127. The summed E-state index contributed by atoms with van der Waals surface area (Å²) < 4.78 is 2.67. The van der Waals surface area contributed by atoms with Gasteiger partial charge in [0.2, 0.25) is 0 Å². The number of benzene rings is 1. The second kappa shape index (κ2) is 3.80. The third kappa shape index (κ3) is 1.91. The van der Waals surface area contributed by atoms with E-state index in [0.29, 0.717) is 5.92 Å². The molecule has 3 rings (SSSR count). The van der Waals surface area contributed by atoms with Crippen molar-refractivity contribution in [3.8, 4) is 11.8 Å². The minimum absolute atomic E-state index is 0.686. The van der Waals surface area contributed by atoms with Crippen LogP contribution < -0.4 is 0 Å². The first-order valence-corrected chi connectivity index (χ1v) is 6.92. The molecule has 74 valence electrons. The zero-order chi connectivity index (χ0) is 10.3. The van der Waals surface area contributed by atoms with Crippen molar-refractivity contribution in [2.45, 2.75) is 12.8 Å². The summed E-state index contributed by atoms with van der Waals surface area (Å²) in [7, 11) is 0. The van der Waals surface area contributed by atoms with E-state index in [1.54, 1.807) is 0 Å². The molecular weight excluding hydrogens is 315 g/mol. The van der Waals surface area contributed by atoms with Crippen molar-refractivity contribution in [2.75, 3.05) is 0 Å². The van der Waals surface area contributed by atoms with Crippen molar-refractivity contribution >= 4 is 44.0 Å². The maximum Gasteiger partial charge on any atom is 0.0914 e. The molecule has 0 N–H and O–H groups in total. The van der Waals surface area contributed by atoms with Crippen molar-refractivity contribution in [3.05, 3.63) is 32.7 Å². The molecule has 0 spiro atoms. The Labute approximate surface area is 107 Å². The molecule has 1 fully saturated rings. The first kappa shape index (κ1) is 9.68. The molecule has 2 heteroatoms. The van der Waals surface area contributed by atoms with Crippen molar-refractivity contribution < 1.29 is 0 Å². The number of rotatable bonds is 0. The van der Waals surface area contributed by atoms with E-state index in [4.69, 9.17) is 0 Å². The molecule has 0 bridgehead atoms. The zero-order valence-electron chi connectivity index (χ0n) is 8.09. The third-order valence-corrected chi connectivity index (χ3v) is 5.07. The quantitative estimate of drug-likeness (QED) is 0.502. The van der Waals surface area contributed by atoms with E-state index in [9.17, 15) is 0 Å². The smallest absolute Gasteiger partial charge is 0.0914 e. The summed E-state index contributed by atoms with van der Waals surface area (Å²) in [6, 6.07) is 8.53. The first-order chi connectivity index (χ1) is 7.34. The van der Waals surface area contributed by atoms with E-state index in [1.807, 2.05) is 11.3 Å². The van der Waals surface area contributed by atoms with Gasteiger partial charge in [-0.1, -0.05) is 30.0 Å². The van der Waals surface area contributed by atoms with E-state index in [2.05, 4.69) is 58.7 Å². The maximum atomic E-state index is 3.33. The van der Waals surface area contributed by atoms with E-state index in [1.165, 1.54) is 31.4 Å². The van der Waals surface area contributed by atoms with Gasteiger partial charge in [0.05, 0.1) is 4.88 Å². The lowest BCUT2D eigenvalue weighted by molar-refractivity contribution is 1.18. The molecule has 1 aliphatic rings. The van der Waals surface area contributed by atoms with Crippen molar-refractivity contribution in [2.24, 2.45) is 5.92 Å². The number of halogens is 1. The lowest BCUT2D eigenvalue weighted by Gasteiger charge is -1.86. The van der Waals surface area contributed by atoms with Crippen LogP contribution in [0.4, 0.5) is 0 Å². The van der Waals surface area contributed by atoms with Crippen molar-refractivity contribution in [1.29, 1.82) is 0 Å². The number of thiophene rings is 1. The van der Waals surface area contributed by atoms with Crippen molar-refractivity contribution in [3.63, 3.8) is 0 Å². The van der Waals surface area contributed by atoms with Crippen LogP contribution in [0.2, 0.25) is 0 Å². The fourth-order valence-electron chi connectivity index (χ4n) is 1.49. The molecule has 1 aromatic heterocycles. The van der Waals surface area contributed by atoms with Gasteiger partial charge in [0.15, 0.2) is 0 Å². The average Bonchev–Trinajstić information content (AvgIpc) is 3.03. The van der Waals surface area contributed by atoms with Crippen LogP contribution in [0.3, 0.4) is 0 Å². The van der Waals surface area contributed by atoms with E-state index >= 15 is 0 Å². The lowest BCUT2D eigenvalue weighted by Crippen LogP contribution is -1.72. The van der Waals surface area contributed by atoms with Crippen LogP contribution in [-0.4, -0.2) is 0 Å². The second-order valence-corrected chi connectivity index (χ2v) is 5.92. The molecule has 15 heavy (non-hydrogen) atoms. The lowest BCUT2D eigenvalue weighted by atomic mass is 10.2. The molecule has 1 aliphatic carbocycles. The van der Waals surface area contributed by atoms with Gasteiger partial charge in [0, 0.05) is 19.6 Å². The van der Waals surface area contributed by atoms with Crippen LogP contribution in [0.5, 0.6) is 0 Å². The van der Waals surface area contributed by atoms with Crippen molar-refractivity contribution in [1.82, 2.24) is 0 Å². The summed E-state index contributed by atoms with van der Waals surface area (Å²) >= 11 is 4.22. The van der Waals surface area contributed by atoms with Gasteiger partial charge in [0.25, 0.3) is 0 Å². The fourth-order valence-corrected chi connectivity index (χ4v) is 3.56. The summed E-state index contributed by atoms with van der Waals surface area (Å²) in [5.41, 5.74) is 0. The molecule has 0 nitrogen and oxygen atoms in total. The summed E-state index contributed by atoms with van der Waals surface area (Å²) in [6.07, 6.45) is 2.60. The number of hydrogen-bond acceptors (Lipinski definition) is 1. The molecule has 0 unspecified atom stereocenters. The molecule has 1 saturated carbocycles. The van der Waals surface area contributed by atoms with E-state index in [-0.39, 0.29) is 0 Å². The first-order valence-electron chi connectivity index (χ1n) is 5.03. The molecular formula is C13H9IS. The monoisotopic (exact) mass is 324 g/mol. The molecule has 1 aromatic carbocycles. The minimum Gasteiger partial charge on any atom is -0.125 e. The Morgan fingerprint density at radius 3 is 2.80 bits per heavy atom. The second-order valence-electron chi connectivity index (χ2n) is 3.78. The Kier molecular flexibility index (Phi) is 2.45. The summed E-state index contributed by atoms with van der Waals surface area (Å²) in [6.45, 7) is 0. The molecule has 0 amide bonds. The predicted molar refractivity (Wildman–Crippen MR) is 74.1 cm³/mol. The SMILES string of the molecule is Ic1c(C#CC2CC2)sc2ccccc12. The number of hydrogen-bond donors (Lipinski definition) is 0. The standard InChI is InChI=1S/C13H9IS/c14-13-10-3-1-2-4-11(10)15-12(13)8-7-9-5-6-9/h1-4,9H,5-6H2. The van der Waals surface area contributed by atoms with Gasteiger partial charge in [-0.3, -0.25) is 0 Å². The molecule has 0 radical (unpaired) electrons. The molecule has 2 aromatic rings. The zero-order valence-corrected chi connectivity index (χ0v) is 11.1. The molecule has 0 aliphatic heterocycles. The largest absolute Gasteiger partial charge is 0.125 e.